The van der Waals surface area contributed by atoms with E-state index < -0.39 is 0 Å². The van der Waals surface area contributed by atoms with Crippen LogP contribution >= 0.6 is 35.3 Å². The average Bonchev–Trinajstić information content (AvgIpc) is 3.07. The number of rotatable bonds is 6. The second kappa shape index (κ2) is 11.7. The minimum Gasteiger partial charge on any atom is -0.355 e. The topological polar surface area (TPSA) is 72.9 Å². The van der Waals surface area contributed by atoms with Crippen molar-refractivity contribution in [3.63, 3.8) is 0 Å². The summed E-state index contributed by atoms with van der Waals surface area (Å²) in [6, 6.07) is 0. The van der Waals surface area contributed by atoms with Crippen molar-refractivity contribution in [1.29, 1.82) is 0 Å². The third-order valence-electron chi connectivity index (χ3n) is 4.33. The number of nitrogens with zero attached hydrogens (tertiary/aromatic N) is 4. The van der Waals surface area contributed by atoms with Crippen LogP contribution in [0.2, 0.25) is 0 Å². The molecule has 1 aromatic rings. The summed E-state index contributed by atoms with van der Waals surface area (Å²) in [6.07, 6.45) is 0. The normalized spacial score (nSPS) is 15.7. The van der Waals surface area contributed by atoms with E-state index in [-0.39, 0.29) is 29.9 Å². The molecule has 1 aliphatic rings. The molecule has 9 heteroatoms. The number of halogens is 1. The first-order valence-electron chi connectivity index (χ1n) is 8.86. The predicted octanol–water partition coefficient (Wildman–Crippen LogP) is 1.71. The molecule has 0 saturated carbocycles. The Bertz CT molecular complexity index is 584. The largest absolute Gasteiger partial charge is 0.355 e. The van der Waals surface area contributed by atoms with Crippen molar-refractivity contribution in [1.82, 2.24) is 25.4 Å². The zero-order valence-corrected chi connectivity index (χ0v) is 19.3. The molecule has 2 N–H and O–H groups in total. The maximum Gasteiger partial charge on any atom is 0.219 e. The summed E-state index contributed by atoms with van der Waals surface area (Å²) >= 11 is 1.68. The molecule has 1 fully saturated rings. The van der Waals surface area contributed by atoms with Gasteiger partial charge in [-0.1, -0.05) is 13.8 Å². The SMILES string of the molecule is CN=C(NCCN1CCN(C(C)=O)CC1)NCc1nc(C(C)C)cs1.I. The molecule has 1 saturated heterocycles. The smallest absolute Gasteiger partial charge is 0.219 e. The van der Waals surface area contributed by atoms with Gasteiger partial charge in [-0.3, -0.25) is 14.7 Å². The maximum absolute atomic E-state index is 11.3. The van der Waals surface area contributed by atoms with Gasteiger partial charge in [0.1, 0.15) is 5.01 Å². The molecule has 0 bridgehead atoms. The summed E-state index contributed by atoms with van der Waals surface area (Å²) in [5.41, 5.74) is 1.15. The van der Waals surface area contributed by atoms with Crippen molar-refractivity contribution in [2.75, 3.05) is 46.3 Å². The molecule has 2 rings (SSSR count). The molecule has 148 valence electrons. The van der Waals surface area contributed by atoms with Gasteiger partial charge in [0.05, 0.1) is 12.2 Å². The van der Waals surface area contributed by atoms with E-state index in [1.54, 1.807) is 25.3 Å². The molecule has 26 heavy (non-hydrogen) atoms. The van der Waals surface area contributed by atoms with Crippen LogP contribution in [0.15, 0.2) is 10.4 Å². The van der Waals surface area contributed by atoms with Crippen LogP contribution in [0.25, 0.3) is 0 Å². The van der Waals surface area contributed by atoms with E-state index in [0.29, 0.717) is 12.5 Å². The first-order chi connectivity index (χ1) is 12.0. The highest BCUT2D eigenvalue weighted by atomic mass is 127. The van der Waals surface area contributed by atoms with Gasteiger partial charge < -0.3 is 15.5 Å². The molecule has 0 aliphatic carbocycles. The number of hydrogen-bond donors (Lipinski definition) is 2. The van der Waals surface area contributed by atoms with E-state index in [9.17, 15) is 4.79 Å². The van der Waals surface area contributed by atoms with Gasteiger partial charge in [0.25, 0.3) is 0 Å². The lowest BCUT2D eigenvalue weighted by molar-refractivity contribution is -0.130. The average molecular weight is 494 g/mol. The number of piperazine rings is 1. The molecule has 0 spiro atoms. The van der Waals surface area contributed by atoms with Crippen LogP contribution in [0.3, 0.4) is 0 Å². The van der Waals surface area contributed by atoms with Crippen molar-refractivity contribution in [2.45, 2.75) is 33.2 Å². The molecular weight excluding hydrogens is 463 g/mol. The Labute approximate surface area is 177 Å². The number of aromatic nitrogens is 1. The Kier molecular flexibility index (Phi) is 10.4. The fraction of sp³-hybridized carbons (Fsp3) is 0.706. The van der Waals surface area contributed by atoms with Crippen LogP contribution < -0.4 is 10.6 Å². The third kappa shape index (κ3) is 7.36. The van der Waals surface area contributed by atoms with Crippen LogP contribution in [-0.2, 0) is 11.3 Å². The van der Waals surface area contributed by atoms with Gasteiger partial charge >= 0.3 is 0 Å². The number of nitrogens with one attached hydrogen (secondary N) is 2. The molecule has 0 aromatic carbocycles. The summed E-state index contributed by atoms with van der Waals surface area (Å²) in [5.74, 6) is 1.43. The van der Waals surface area contributed by atoms with Crippen molar-refractivity contribution >= 4 is 47.2 Å². The van der Waals surface area contributed by atoms with Gasteiger partial charge in [0, 0.05) is 58.6 Å². The predicted molar refractivity (Wildman–Crippen MR) is 119 cm³/mol. The molecular formula is C17H31IN6OS. The van der Waals surface area contributed by atoms with E-state index in [1.165, 1.54) is 0 Å². The van der Waals surface area contributed by atoms with E-state index in [0.717, 1.165) is 55.9 Å². The summed E-state index contributed by atoms with van der Waals surface area (Å²) in [7, 11) is 1.78. The second-order valence-corrected chi connectivity index (χ2v) is 7.46. The lowest BCUT2D eigenvalue weighted by Crippen LogP contribution is -2.50. The number of aliphatic imine (C=N–C) groups is 1. The molecule has 0 radical (unpaired) electrons. The Morgan fingerprint density at radius 2 is 2.00 bits per heavy atom. The molecule has 0 unspecified atom stereocenters. The van der Waals surface area contributed by atoms with Crippen molar-refractivity contribution in [3.05, 3.63) is 16.1 Å². The number of thiazole rings is 1. The standard InChI is InChI=1S/C17H30N6OS.HI/c1-13(2)15-12-25-16(21-15)11-20-17(18-4)19-5-6-22-7-9-23(10-8-22)14(3)24;/h12-13H,5-11H2,1-4H3,(H2,18,19,20);1H. The molecule has 0 atom stereocenters. The highest BCUT2D eigenvalue weighted by Crippen LogP contribution is 2.17. The molecule has 1 amide bonds. The van der Waals surface area contributed by atoms with E-state index in [1.807, 2.05) is 4.90 Å². The van der Waals surface area contributed by atoms with Crippen molar-refractivity contribution in [3.8, 4) is 0 Å². The minimum atomic E-state index is 0. The molecule has 2 heterocycles. The van der Waals surface area contributed by atoms with E-state index in [4.69, 9.17) is 0 Å². The third-order valence-corrected chi connectivity index (χ3v) is 5.20. The van der Waals surface area contributed by atoms with E-state index >= 15 is 0 Å². The number of hydrogen-bond acceptors (Lipinski definition) is 5. The number of carbonyl (C=O) groups excluding carboxylic acids is 1. The van der Waals surface area contributed by atoms with Gasteiger partial charge in [-0.15, -0.1) is 35.3 Å². The Morgan fingerprint density at radius 3 is 2.54 bits per heavy atom. The lowest BCUT2D eigenvalue weighted by Gasteiger charge is -2.34. The highest BCUT2D eigenvalue weighted by molar-refractivity contribution is 14.0. The van der Waals surface area contributed by atoms with Crippen molar-refractivity contribution in [2.24, 2.45) is 4.99 Å². The quantitative estimate of drug-likeness (QED) is 0.358. The Balaban J connectivity index is 0.00000338. The minimum absolute atomic E-state index is 0. The van der Waals surface area contributed by atoms with Crippen LogP contribution in [0.4, 0.5) is 0 Å². The van der Waals surface area contributed by atoms with Crippen LogP contribution in [0.5, 0.6) is 0 Å². The van der Waals surface area contributed by atoms with Gasteiger partial charge in [-0.05, 0) is 5.92 Å². The number of guanidine groups is 1. The molecule has 1 aromatic heterocycles. The van der Waals surface area contributed by atoms with Gasteiger partial charge in [-0.25, -0.2) is 4.98 Å². The van der Waals surface area contributed by atoms with Crippen LogP contribution in [0.1, 0.15) is 37.4 Å². The van der Waals surface area contributed by atoms with Gasteiger partial charge in [0.15, 0.2) is 5.96 Å². The van der Waals surface area contributed by atoms with Gasteiger partial charge in [-0.2, -0.15) is 0 Å². The first kappa shape index (κ1) is 23.1. The summed E-state index contributed by atoms with van der Waals surface area (Å²) in [5, 5.41) is 9.86. The maximum atomic E-state index is 11.3. The molecule has 1 aliphatic heterocycles. The Hall–Kier alpha value is -0.940. The number of carbonyl (C=O) groups is 1. The lowest BCUT2D eigenvalue weighted by atomic mass is 10.2. The van der Waals surface area contributed by atoms with Crippen LogP contribution in [0, 0.1) is 0 Å². The molecule has 7 nitrogen and oxygen atoms in total. The summed E-state index contributed by atoms with van der Waals surface area (Å²) in [6.45, 7) is 11.9. The zero-order valence-electron chi connectivity index (χ0n) is 16.1. The summed E-state index contributed by atoms with van der Waals surface area (Å²) in [4.78, 5) is 24.5. The van der Waals surface area contributed by atoms with Gasteiger partial charge in [0.2, 0.25) is 5.91 Å². The van der Waals surface area contributed by atoms with E-state index in [2.05, 4.69) is 44.7 Å². The fourth-order valence-electron chi connectivity index (χ4n) is 2.67. The Morgan fingerprint density at radius 1 is 1.31 bits per heavy atom. The highest BCUT2D eigenvalue weighted by Gasteiger charge is 2.17. The number of amides is 1. The van der Waals surface area contributed by atoms with Crippen molar-refractivity contribution < 1.29 is 4.79 Å². The zero-order chi connectivity index (χ0) is 18.2. The second-order valence-electron chi connectivity index (χ2n) is 6.52. The van der Waals surface area contributed by atoms with Crippen LogP contribution in [-0.4, -0.2) is 73.0 Å². The summed E-state index contributed by atoms with van der Waals surface area (Å²) < 4.78 is 0. The fourth-order valence-corrected chi connectivity index (χ4v) is 3.57. The first-order valence-corrected chi connectivity index (χ1v) is 9.74. The monoisotopic (exact) mass is 494 g/mol.